The summed E-state index contributed by atoms with van der Waals surface area (Å²) < 4.78 is 10.6. The van der Waals surface area contributed by atoms with Gasteiger partial charge in [-0.05, 0) is 32.7 Å². The van der Waals surface area contributed by atoms with Gasteiger partial charge in [0.2, 0.25) is 0 Å². The highest BCUT2D eigenvalue weighted by molar-refractivity contribution is 5.91. The van der Waals surface area contributed by atoms with Gasteiger partial charge < -0.3 is 19.8 Å². The second-order valence-electron chi connectivity index (χ2n) is 4.92. The van der Waals surface area contributed by atoms with Crippen LogP contribution in [0.15, 0.2) is 10.7 Å². The van der Waals surface area contributed by atoms with Crippen LogP contribution in [0, 0.1) is 0 Å². The third-order valence-corrected chi connectivity index (χ3v) is 3.36. The van der Waals surface area contributed by atoms with Gasteiger partial charge in [0.1, 0.15) is 6.26 Å². The molecule has 0 bridgehead atoms. The van der Waals surface area contributed by atoms with Crippen LogP contribution in [0.2, 0.25) is 0 Å². The van der Waals surface area contributed by atoms with Gasteiger partial charge in [0, 0.05) is 32.2 Å². The predicted molar refractivity (Wildman–Crippen MR) is 74.8 cm³/mol. The first-order valence-corrected chi connectivity index (χ1v) is 7.33. The zero-order valence-corrected chi connectivity index (χ0v) is 12.0. The number of nitrogens with zero attached hydrogens (tertiary/aromatic N) is 1. The molecule has 2 N–H and O–H groups in total. The lowest BCUT2D eigenvalue weighted by Crippen LogP contribution is -2.29. The largest absolute Gasteiger partial charge is 0.448 e. The first-order valence-electron chi connectivity index (χ1n) is 7.33. The standard InChI is InChI=1S/C14H23N3O3/c1-2-19-8-4-7-16-13(18)12-10-20-14(17-12)11-5-3-6-15-9-11/h10-11,15H,2-9H2,1H3,(H,16,18). The topological polar surface area (TPSA) is 76.4 Å². The number of carbonyl (C=O) groups is 1. The van der Waals surface area contributed by atoms with Crippen molar-refractivity contribution in [1.82, 2.24) is 15.6 Å². The van der Waals surface area contributed by atoms with Crippen molar-refractivity contribution in [2.24, 2.45) is 0 Å². The monoisotopic (exact) mass is 281 g/mol. The van der Waals surface area contributed by atoms with Crippen LogP contribution in [0.4, 0.5) is 0 Å². The maximum absolute atomic E-state index is 11.9. The third kappa shape index (κ3) is 4.31. The Morgan fingerprint density at radius 3 is 3.30 bits per heavy atom. The number of nitrogens with one attached hydrogen (secondary N) is 2. The molecule has 1 aromatic heterocycles. The lowest BCUT2D eigenvalue weighted by atomic mass is 10.00. The molecule has 1 aromatic rings. The summed E-state index contributed by atoms with van der Waals surface area (Å²) in [6.07, 6.45) is 4.42. The lowest BCUT2D eigenvalue weighted by Gasteiger charge is -2.19. The Bertz CT molecular complexity index is 414. The van der Waals surface area contributed by atoms with Crippen molar-refractivity contribution in [3.8, 4) is 0 Å². The normalized spacial score (nSPS) is 18.9. The summed E-state index contributed by atoms with van der Waals surface area (Å²) in [4.78, 5) is 16.2. The molecule has 1 aliphatic rings. The van der Waals surface area contributed by atoms with E-state index in [-0.39, 0.29) is 11.8 Å². The molecule has 6 nitrogen and oxygen atoms in total. The van der Waals surface area contributed by atoms with E-state index < -0.39 is 0 Å². The SMILES string of the molecule is CCOCCCNC(=O)c1coc(C2CCCNC2)n1. The molecule has 1 saturated heterocycles. The molecule has 1 unspecified atom stereocenters. The molecule has 20 heavy (non-hydrogen) atoms. The fourth-order valence-corrected chi connectivity index (χ4v) is 2.25. The first-order chi connectivity index (χ1) is 9.81. The average Bonchev–Trinajstić information content (AvgIpc) is 2.98. The fraction of sp³-hybridized carbons (Fsp3) is 0.714. The minimum absolute atomic E-state index is 0.180. The van der Waals surface area contributed by atoms with Gasteiger partial charge in [-0.2, -0.15) is 0 Å². The van der Waals surface area contributed by atoms with Crippen LogP contribution in [0.3, 0.4) is 0 Å². The Labute approximate surface area is 119 Å². The number of piperidine rings is 1. The highest BCUT2D eigenvalue weighted by Crippen LogP contribution is 2.22. The van der Waals surface area contributed by atoms with Gasteiger partial charge in [-0.1, -0.05) is 0 Å². The van der Waals surface area contributed by atoms with E-state index in [1.165, 1.54) is 6.26 Å². The van der Waals surface area contributed by atoms with Gasteiger partial charge in [-0.3, -0.25) is 4.79 Å². The van der Waals surface area contributed by atoms with Crippen LogP contribution in [0.1, 0.15) is 48.5 Å². The summed E-state index contributed by atoms with van der Waals surface area (Å²) in [5.41, 5.74) is 0.363. The average molecular weight is 281 g/mol. The molecular formula is C14H23N3O3. The van der Waals surface area contributed by atoms with E-state index in [1.807, 2.05) is 6.92 Å². The number of ether oxygens (including phenoxy) is 1. The zero-order valence-electron chi connectivity index (χ0n) is 12.0. The first kappa shape index (κ1) is 15.0. The molecule has 0 saturated carbocycles. The van der Waals surface area contributed by atoms with Crippen LogP contribution in [0.25, 0.3) is 0 Å². The summed E-state index contributed by atoms with van der Waals surface area (Å²) >= 11 is 0. The van der Waals surface area contributed by atoms with E-state index in [4.69, 9.17) is 9.15 Å². The number of amides is 1. The molecule has 6 heteroatoms. The van der Waals surface area contributed by atoms with E-state index in [2.05, 4.69) is 15.6 Å². The molecule has 2 rings (SSSR count). The summed E-state index contributed by atoms with van der Waals surface area (Å²) in [5.74, 6) is 0.764. The Morgan fingerprint density at radius 1 is 1.65 bits per heavy atom. The van der Waals surface area contributed by atoms with Gasteiger partial charge in [-0.15, -0.1) is 0 Å². The maximum Gasteiger partial charge on any atom is 0.273 e. The Balaban J connectivity index is 1.77. The van der Waals surface area contributed by atoms with Crippen LogP contribution in [-0.4, -0.2) is 43.7 Å². The number of carbonyl (C=O) groups excluding carboxylic acids is 1. The predicted octanol–water partition coefficient (Wildman–Crippen LogP) is 1.30. The van der Waals surface area contributed by atoms with E-state index in [1.54, 1.807) is 0 Å². The molecule has 0 aliphatic carbocycles. The smallest absolute Gasteiger partial charge is 0.273 e. The highest BCUT2D eigenvalue weighted by Gasteiger charge is 2.21. The molecule has 0 aromatic carbocycles. The Hall–Kier alpha value is -1.40. The quantitative estimate of drug-likeness (QED) is 0.737. The number of hydrogen-bond acceptors (Lipinski definition) is 5. The van der Waals surface area contributed by atoms with E-state index in [0.717, 1.165) is 32.4 Å². The number of oxazole rings is 1. The van der Waals surface area contributed by atoms with Crippen LogP contribution >= 0.6 is 0 Å². The number of hydrogen-bond donors (Lipinski definition) is 2. The van der Waals surface area contributed by atoms with Crippen LogP contribution in [-0.2, 0) is 4.74 Å². The van der Waals surface area contributed by atoms with Crippen LogP contribution in [0.5, 0.6) is 0 Å². The van der Waals surface area contributed by atoms with Gasteiger partial charge >= 0.3 is 0 Å². The minimum Gasteiger partial charge on any atom is -0.448 e. The van der Waals surface area contributed by atoms with Crippen molar-refractivity contribution in [1.29, 1.82) is 0 Å². The van der Waals surface area contributed by atoms with Crippen LogP contribution < -0.4 is 10.6 Å². The molecule has 1 fully saturated rings. The van der Waals surface area contributed by atoms with Crippen molar-refractivity contribution < 1.29 is 13.9 Å². The molecule has 0 radical (unpaired) electrons. The molecular weight excluding hydrogens is 258 g/mol. The van der Waals surface area contributed by atoms with E-state index >= 15 is 0 Å². The highest BCUT2D eigenvalue weighted by atomic mass is 16.5. The van der Waals surface area contributed by atoms with E-state index in [0.29, 0.717) is 31.3 Å². The van der Waals surface area contributed by atoms with Crippen molar-refractivity contribution in [3.05, 3.63) is 17.8 Å². The second-order valence-corrected chi connectivity index (χ2v) is 4.92. The third-order valence-electron chi connectivity index (χ3n) is 3.36. The molecule has 1 aliphatic heterocycles. The second kappa shape index (κ2) is 8.01. The molecule has 1 amide bonds. The summed E-state index contributed by atoms with van der Waals surface area (Å²) in [5, 5.41) is 6.13. The molecule has 0 spiro atoms. The van der Waals surface area contributed by atoms with Gasteiger partial charge in [0.25, 0.3) is 5.91 Å². The van der Waals surface area contributed by atoms with Gasteiger partial charge in [0.05, 0.1) is 0 Å². The Morgan fingerprint density at radius 2 is 2.55 bits per heavy atom. The maximum atomic E-state index is 11.9. The van der Waals surface area contributed by atoms with Crippen molar-refractivity contribution in [2.75, 3.05) is 32.8 Å². The summed E-state index contributed by atoms with van der Waals surface area (Å²) in [7, 11) is 0. The van der Waals surface area contributed by atoms with Crippen molar-refractivity contribution in [2.45, 2.75) is 32.1 Å². The molecule has 2 heterocycles. The number of rotatable bonds is 7. The molecule has 1 atom stereocenters. The lowest BCUT2D eigenvalue weighted by molar-refractivity contribution is 0.0939. The van der Waals surface area contributed by atoms with E-state index in [9.17, 15) is 4.79 Å². The summed E-state index contributed by atoms with van der Waals surface area (Å²) in [6.45, 7) is 5.83. The van der Waals surface area contributed by atoms with Gasteiger partial charge in [-0.25, -0.2) is 4.98 Å². The zero-order chi connectivity index (χ0) is 14.2. The fourth-order valence-electron chi connectivity index (χ4n) is 2.25. The molecule has 112 valence electrons. The number of aromatic nitrogens is 1. The Kier molecular flexibility index (Phi) is 6.01. The van der Waals surface area contributed by atoms with Crippen molar-refractivity contribution >= 4 is 5.91 Å². The van der Waals surface area contributed by atoms with Crippen molar-refractivity contribution in [3.63, 3.8) is 0 Å². The van der Waals surface area contributed by atoms with Gasteiger partial charge in [0.15, 0.2) is 11.6 Å². The summed E-state index contributed by atoms with van der Waals surface area (Å²) in [6, 6.07) is 0. The minimum atomic E-state index is -0.180.